The van der Waals surface area contributed by atoms with Crippen molar-refractivity contribution < 1.29 is 28.6 Å². The molecule has 0 spiro atoms. The lowest BCUT2D eigenvalue weighted by atomic mass is 10.1. The minimum absolute atomic E-state index is 0.00403. The molecule has 2 aromatic rings. The van der Waals surface area contributed by atoms with Crippen LogP contribution in [0.1, 0.15) is 34.1 Å². The Labute approximate surface area is 160 Å². The summed E-state index contributed by atoms with van der Waals surface area (Å²) in [6, 6.07) is 5.38. The maximum absolute atomic E-state index is 12.8. The third-order valence-corrected chi connectivity index (χ3v) is 5.25. The second kappa shape index (κ2) is 7.79. The van der Waals surface area contributed by atoms with Crippen molar-refractivity contribution in [1.29, 1.82) is 0 Å². The molecule has 0 N–H and O–H groups in total. The van der Waals surface area contributed by atoms with Gasteiger partial charge in [-0.25, -0.2) is 0 Å². The van der Waals surface area contributed by atoms with Crippen LogP contribution in [0.2, 0.25) is 0 Å². The molecule has 8 heteroatoms. The molecule has 2 amide bonds. The number of thiophene rings is 1. The Morgan fingerprint density at radius 2 is 1.93 bits per heavy atom. The Hall–Kier alpha value is -2.87. The van der Waals surface area contributed by atoms with Gasteiger partial charge in [0.25, 0.3) is 11.8 Å². The van der Waals surface area contributed by atoms with E-state index in [-0.39, 0.29) is 18.9 Å². The Balaban J connectivity index is 1.94. The maximum atomic E-state index is 12.8. The van der Waals surface area contributed by atoms with Crippen molar-refractivity contribution in [3.63, 3.8) is 0 Å². The molecule has 0 bridgehead atoms. The summed E-state index contributed by atoms with van der Waals surface area (Å²) in [7, 11) is 2.83. The van der Waals surface area contributed by atoms with Gasteiger partial charge in [-0.1, -0.05) is 0 Å². The fraction of sp³-hybridized carbons (Fsp3) is 0.316. The highest BCUT2D eigenvalue weighted by Crippen LogP contribution is 2.41. The summed E-state index contributed by atoms with van der Waals surface area (Å²) in [6.07, 6.45) is -0.0337. The summed E-state index contributed by atoms with van der Waals surface area (Å²) in [5.41, 5.74) is 1.49. The molecule has 0 atom stereocenters. The van der Waals surface area contributed by atoms with E-state index in [2.05, 4.69) is 4.74 Å². The van der Waals surface area contributed by atoms with Crippen molar-refractivity contribution in [3.05, 3.63) is 34.7 Å². The van der Waals surface area contributed by atoms with Crippen LogP contribution < -0.4 is 9.47 Å². The number of ether oxygens (including phenoxy) is 3. The Kier molecular flexibility index (Phi) is 5.46. The molecule has 7 nitrogen and oxygen atoms in total. The molecule has 0 unspecified atom stereocenters. The molecule has 142 valence electrons. The van der Waals surface area contributed by atoms with Crippen LogP contribution in [0.3, 0.4) is 0 Å². The highest BCUT2D eigenvalue weighted by molar-refractivity contribution is 7.14. The number of nitrogens with zero attached hydrogens (tertiary/aromatic N) is 1. The second-order valence-corrected chi connectivity index (χ2v) is 6.62. The molecular weight excluding hydrogens is 370 g/mol. The van der Waals surface area contributed by atoms with Crippen molar-refractivity contribution in [2.75, 3.05) is 27.4 Å². The van der Waals surface area contributed by atoms with Crippen LogP contribution >= 0.6 is 11.3 Å². The smallest absolute Gasteiger partial charge is 0.307 e. The number of fused-ring (bicyclic) bond motifs is 1. The molecule has 0 aliphatic carbocycles. The number of methoxy groups -OCH3 is 2. The lowest BCUT2D eigenvalue weighted by Crippen LogP contribution is -2.32. The number of hydrogen-bond donors (Lipinski definition) is 0. The summed E-state index contributed by atoms with van der Waals surface area (Å²) in [4.78, 5) is 38.5. The standard InChI is InChI=1S/C19H19NO6S/c1-4-26-14-9-11(5-6-13(14)24-2)17-16-12(10-27-17)18(22)20(19(16)23)8-7-15(21)25-3/h5-6,9-10H,4,7-8H2,1-3H3. The molecule has 0 fully saturated rings. The highest BCUT2D eigenvalue weighted by atomic mass is 32.1. The average molecular weight is 389 g/mol. The molecule has 0 radical (unpaired) electrons. The molecular formula is C19H19NO6S. The number of imide groups is 1. The zero-order valence-corrected chi connectivity index (χ0v) is 16.1. The average Bonchev–Trinajstić information content (AvgIpc) is 3.21. The van der Waals surface area contributed by atoms with E-state index < -0.39 is 11.9 Å². The van der Waals surface area contributed by atoms with E-state index in [4.69, 9.17) is 9.47 Å². The number of carbonyl (C=O) groups is 3. The fourth-order valence-electron chi connectivity index (χ4n) is 2.91. The normalized spacial score (nSPS) is 12.9. The maximum Gasteiger partial charge on any atom is 0.307 e. The van der Waals surface area contributed by atoms with Gasteiger partial charge in [-0.2, -0.15) is 0 Å². The monoisotopic (exact) mass is 389 g/mol. The molecule has 0 saturated heterocycles. The molecule has 3 rings (SSSR count). The van der Waals surface area contributed by atoms with Crippen molar-refractivity contribution in [2.45, 2.75) is 13.3 Å². The fourth-order valence-corrected chi connectivity index (χ4v) is 3.94. The van der Waals surface area contributed by atoms with Gasteiger partial charge in [0.05, 0.1) is 38.4 Å². The molecule has 27 heavy (non-hydrogen) atoms. The first kappa shape index (κ1) is 18.9. The first-order chi connectivity index (χ1) is 13.0. The van der Waals surface area contributed by atoms with Gasteiger partial charge < -0.3 is 14.2 Å². The Bertz CT molecular complexity index is 904. The van der Waals surface area contributed by atoms with Crippen LogP contribution in [0, 0.1) is 0 Å². The van der Waals surface area contributed by atoms with Gasteiger partial charge in [-0.3, -0.25) is 19.3 Å². The predicted molar refractivity (Wildman–Crippen MR) is 99.5 cm³/mol. The van der Waals surface area contributed by atoms with E-state index in [1.165, 1.54) is 18.4 Å². The summed E-state index contributed by atoms with van der Waals surface area (Å²) < 4.78 is 15.5. The zero-order valence-electron chi connectivity index (χ0n) is 15.2. The van der Waals surface area contributed by atoms with E-state index in [0.29, 0.717) is 34.1 Å². The van der Waals surface area contributed by atoms with Crippen molar-refractivity contribution >= 4 is 29.1 Å². The van der Waals surface area contributed by atoms with Gasteiger partial charge in [0.1, 0.15) is 0 Å². The van der Waals surface area contributed by atoms with Crippen LogP contribution in [0.15, 0.2) is 23.6 Å². The van der Waals surface area contributed by atoms with Crippen LogP contribution in [-0.4, -0.2) is 50.1 Å². The van der Waals surface area contributed by atoms with Gasteiger partial charge in [0.2, 0.25) is 0 Å². The Morgan fingerprint density at radius 3 is 2.59 bits per heavy atom. The predicted octanol–water partition coefficient (Wildman–Crippen LogP) is 2.98. The SMILES string of the molecule is CCOc1cc(-c2scc3c2C(=O)N(CCC(=O)OC)C3=O)ccc1OC. The van der Waals surface area contributed by atoms with Crippen molar-refractivity contribution in [1.82, 2.24) is 4.90 Å². The second-order valence-electron chi connectivity index (χ2n) is 5.74. The number of rotatable bonds is 7. The number of hydrogen-bond acceptors (Lipinski definition) is 7. The Morgan fingerprint density at radius 1 is 1.15 bits per heavy atom. The van der Waals surface area contributed by atoms with Gasteiger partial charge in [0, 0.05) is 16.8 Å². The van der Waals surface area contributed by atoms with E-state index in [0.717, 1.165) is 10.5 Å². The first-order valence-corrected chi connectivity index (χ1v) is 9.25. The van der Waals surface area contributed by atoms with Crippen molar-refractivity contribution in [3.8, 4) is 21.9 Å². The molecule has 1 aliphatic heterocycles. The lowest BCUT2D eigenvalue weighted by molar-refractivity contribution is -0.140. The van der Waals surface area contributed by atoms with Gasteiger partial charge in [0.15, 0.2) is 11.5 Å². The quantitative estimate of drug-likeness (QED) is 0.535. The first-order valence-electron chi connectivity index (χ1n) is 8.37. The van der Waals surface area contributed by atoms with E-state index in [1.807, 2.05) is 13.0 Å². The van der Waals surface area contributed by atoms with Gasteiger partial charge >= 0.3 is 5.97 Å². The lowest BCUT2D eigenvalue weighted by Gasteiger charge is -2.14. The van der Waals surface area contributed by atoms with E-state index in [1.54, 1.807) is 24.6 Å². The summed E-state index contributed by atoms with van der Waals surface area (Å²) in [5.74, 6) is -0.0968. The molecule has 1 aromatic carbocycles. The van der Waals surface area contributed by atoms with E-state index in [9.17, 15) is 14.4 Å². The largest absolute Gasteiger partial charge is 0.493 e. The van der Waals surface area contributed by atoms with Gasteiger partial charge in [-0.15, -0.1) is 11.3 Å². The summed E-state index contributed by atoms with van der Waals surface area (Å²) in [5, 5.41) is 1.67. The van der Waals surface area contributed by atoms with E-state index >= 15 is 0 Å². The molecule has 1 aliphatic rings. The van der Waals surface area contributed by atoms with Crippen LogP contribution in [0.4, 0.5) is 0 Å². The number of amides is 2. The zero-order chi connectivity index (χ0) is 19.6. The molecule has 1 aromatic heterocycles. The summed E-state index contributed by atoms with van der Waals surface area (Å²) >= 11 is 1.33. The minimum Gasteiger partial charge on any atom is -0.493 e. The number of carbonyl (C=O) groups excluding carboxylic acids is 3. The minimum atomic E-state index is -0.471. The van der Waals surface area contributed by atoms with Crippen LogP contribution in [0.5, 0.6) is 11.5 Å². The third-order valence-electron chi connectivity index (χ3n) is 4.22. The molecule has 0 saturated carbocycles. The highest BCUT2D eigenvalue weighted by Gasteiger charge is 2.39. The van der Waals surface area contributed by atoms with Crippen LogP contribution in [-0.2, 0) is 9.53 Å². The number of esters is 1. The third kappa shape index (κ3) is 3.40. The summed E-state index contributed by atoms with van der Waals surface area (Å²) in [6.45, 7) is 2.34. The topological polar surface area (TPSA) is 82.1 Å². The molecule has 2 heterocycles. The number of benzene rings is 1. The van der Waals surface area contributed by atoms with Crippen molar-refractivity contribution in [2.24, 2.45) is 0 Å². The van der Waals surface area contributed by atoms with Crippen LogP contribution in [0.25, 0.3) is 10.4 Å². The van der Waals surface area contributed by atoms with Gasteiger partial charge in [-0.05, 0) is 30.7 Å².